The quantitative estimate of drug-likeness (QED) is 0.130. The summed E-state index contributed by atoms with van der Waals surface area (Å²) < 4.78 is 0. The van der Waals surface area contributed by atoms with E-state index in [0.717, 1.165) is 32.9 Å². The Morgan fingerprint density at radius 2 is 1.51 bits per heavy atom. The second-order valence-electron chi connectivity index (χ2n) is 11.3. The number of amides is 2. The molecule has 2 aromatic carbocycles. The molecule has 0 saturated carbocycles. The lowest BCUT2D eigenvalue weighted by Gasteiger charge is -2.22. The number of aliphatic hydroxyl groups excluding tert-OH is 1. The summed E-state index contributed by atoms with van der Waals surface area (Å²) >= 11 is 3.19. The fraction of sp³-hybridized carbons (Fsp3) is 0.333. The van der Waals surface area contributed by atoms with Gasteiger partial charge >= 0.3 is 0 Å². The molecule has 0 spiro atoms. The van der Waals surface area contributed by atoms with Crippen LogP contribution in [0.2, 0.25) is 0 Å². The maximum atomic E-state index is 13.1. The molecule has 4 rings (SSSR count). The first-order chi connectivity index (χ1) is 20.4. The number of nitrogens with zero attached hydrogens (tertiary/aromatic N) is 2. The standard InChI is InChI=1S/C33H38N4O4S2/c1-6-42-25-13-11-22(12-14-25)24-18-34-29(35-19-24)23-9-7-21(8-10-23)17-26(30(38)36-20(2)32(40)41)37-31(39)27-15-16-28(43-27)33(3,4)5/h7-16,18-20,26,32,40-41H,6,17H2,1-5H3,(H,36,38)(H,37,39)/t20-,26+/m1/s1. The number of aromatic nitrogens is 2. The zero-order chi connectivity index (χ0) is 31.1. The summed E-state index contributed by atoms with van der Waals surface area (Å²) in [6, 6.07) is 17.7. The van der Waals surface area contributed by atoms with Crippen LogP contribution in [0.25, 0.3) is 22.5 Å². The van der Waals surface area contributed by atoms with E-state index >= 15 is 0 Å². The predicted octanol–water partition coefficient (Wildman–Crippen LogP) is 5.44. The lowest BCUT2D eigenvalue weighted by Crippen LogP contribution is -2.52. The first-order valence-corrected chi connectivity index (χ1v) is 16.0. The summed E-state index contributed by atoms with van der Waals surface area (Å²) in [5, 5.41) is 24.4. The van der Waals surface area contributed by atoms with Crippen molar-refractivity contribution in [2.75, 3.05) is 5.75 Å². The number of nitrogens with one attached hydrogen (secondary N) is 2. The second-order valence-corrected chi connectivity index (χ2v) is 13.7. The minimum Gasteiger partial charge on any atom is -0.366 e. The largest absolute Gasteiger partial charge is 0.366 e. The summed E-state index contributed by atoms with van der Waals surface area (Å²) in [5.41, 5.74) is 3.51. The molecule has 10 heteroatoms. The Morgan fingerprint density at radius 3 is 2.07 bits per heavy atom. The molecule has 2 heterocycles. The molecule has 2 aromatic heterocycles. The third kappa shape index (κ3) is 8.73. The minimum absolute atomic E-state index is 0.0996. The maximum absolute atomic E-state index is 13.1. The highest BCUT2D eigenvalue weighted by molar-refractivity contribution is 7.99. The van der Waals surface area contributed by atoms with E-state index in [1.54, 1.807) is 30.2 Å². The Morgan fingerprint density at radius 1 is 0.884 bits per heavy atom. The molecule has 0 aliphatic rings. The molecule has 226 valence electrons. The third-order valence-electron chi connectivity index (χ3n) is 6.81. The highest BCUT2D eigenvalue weighted by Gasteiger charge is 2.26. The minimum atomic E-state index is -1.72. The van der Waals surface area contributed by atoms with Gasteiger partial charge < -0.3 is 20.8 Å². The van der Waals surface area contributed by atoms with Crippen LogP contribution in [0.15, 0.2) is 78.0 Å². The predicted molar refractivity (Wildman–Crippen MR) is 173 cm³/mol. The molecule has 0 bridgehead atoms. The van der Waals surface area contributed by atoms with E-state index in [4.69, 9.17) is 0 Å². The Kier molecular flexibility index (Phi) is 10.7. The van der Waals surface area contributed by atoms with Gasteiger partial charge in [0.1, 0.15) is 6.04 Å². The van der Waals surface area contributed by atoms with Crippen LogP contribution in [0.5, 0.6) is 0 Å². The van der Waals surface area contributed by atoms with Crippen LogP contribution in [0.1, 0.15) is 54.7 Å². The highest BCUT2D eigenvalue weighted by atomic mass is 32.2. The van der Waals surface area contributed by atoms with Crippen LogP contribution in [0, 0.1) is 0 Å². The molecule has 0 saturated heterocycles. The molecule has 0 radical (unpaired) electrons. The Labute approximate surface area is 261 Å². The number of hydrogen-bond donors (Lipinski definition) is 4. The third-order valence-corrected chi connectivity index (χ3v) is 9.21. The van der Waals surface area contributed by atoms with Crippen LogP contribution in [-0.4, -0.2) is 56.1 Å². The van der Waals surface area contributed by atoms with Gasteiger partial charge in [0.2, 0.25) is 5.91 Å². The van der Waals surface area contributed by atoms with Crippen LogP contribution < -0.4 is 10.6 Å². The molecule has 43 heavy (non-hydrogen) atoms. The Balaban J connectivity index is 1.48. The van der Waals surface area contributed by atoms with E-state index in [-0.39, 0.29) is 17.7 Å². The SMILES string of the molecule is CCSc1ccc(-c2cnc(-c3ccc(C[C@H](NC(=O)c4ccc(C(C)(C)C)s4)C(=O)N[C@H](C)C(O)O)cc3)nc2)cc1. The number of carbonyl (C=O) groups excluding carboxylic acids is 2. The van der Waals surface area contributed by atoms with E-state index in [1.165, 1.54) is 23.2 Å². The molecule has 0 aliphatic heterocycles. The fourth-order valence-corrected chi connectivity index (χ4v) is 5.89. The maximum Gasteiger partial charge on any atom is 0.262 e. The number of thiophene rings is 1. The second kappa shape index (κ2) is 14.3. The van der Waals surface area contributed by atoms with Gasteiger partial charge in [-0.2, -0.15) is 0 Å². The summed E-state index contributed by atoms with van der Waals surface area (Å²) in [7, 11) is 0. The summed E-state index contributed by atoms with van der Waals surface area (Å²) in [4.78, 5) is 38.2. The molecule has 0 unspecified atom stereocenters. The zero-order valence-corrected chi connectivity index (χ0v) is 26.6. The molecule has 0 aliphatic carbocycles. The average molecular weight is 619 g/mol. The number of benzene rings is 2. The van der Waals surface area contributed by atoms with Gasteiger partial charge in [0.15, 0.2) is 12.1 Å². The first-order valence-electron chi connectivity index (χ1n) is 14.2. The van der Waals surface area contributed by atoms with Gasteiger partial charge in [-0.3, -0.25) is 9.59 Å². The van der Waals surface area contributed by atoms with Crippen LogP contribution >= 0.6 is 23.1 Å². The molecular weight excluding hydrogens is 581 g/mol. The lowest BCUT2D eigenvalue weighted by atomic mass is 9.95. The molecule has 8 nitrogen and oxygen atoms in total. The molecule has 4 aromatic rings. The molecule has 0 fully saturated rings. The van der Waals surface area contributed by atoms with Gasteiger partial charge in [0, 0.05) is 39.7 Å². The summed E-state index contributed by atoms with van der Waals surface area (Å²) in [5.74, 6) is 0.737. The number of aliphatic hydroxyl groups is 2. The van der Waals surface area contributed by atoms with Gasteiger partial charge in [-0.1, -0.05) is 64.1 Å². The molecular formula is C33H38N4O4S2. The lowest BCUT2D eigenvalue weighted by molar-refractivity contribution is -0.128. The fourth-order valence-electron chi connectivity index (χ4n) is 4.26. The van der Waals surface area contributed by atoms with E-state index in [1.807, 2.05) is 30.3 Å². The van der Waals surface area contributed by atoms with Crippen molar-refractivity contribution in [2.45, 2.75) is 69.7 Å². The van der Waals surface area contributed by atoms with Crippen molar-refractivity contribution >= 4 is 34.9 Å². The van der Waals surface area contributed by atoms with E-state index in [0.29, 0.717) is 10.7 Å². The number of hydrogen-bond acceptors (Lipinski definition) is 8. The Hall–Kier alpha value is -3.57. The number of thioether (sulfide) groups is 1. The van der Waals surface area contributed by atoms with Crippen molar-refractivity contribution in [1.82, 2.24) is 20.6 Å². The summed E-state index contributed by atoms with van der Waals surface area (Å²) in [6.07, 6.45) is 2.09. The van der Waals surface area contributed by atoms with E-state index < -0.39 is 24.3 Å². The average Bonchev–Trinajstić information content (AvgIpc) is 3.50. The molecule has 4 N–H and O–H groups in total. The van der Waals surface area contributed by atoms with Crippen LogP contribution in [-0.2, 0) is 16.6 Å². The van der Waals surface area contributed by atoms with Crippen molar-refractivity contribution in [3.05, 3.63) is 88.4 Å². The van der Waals surface area contributed by atoms with Crippen molar-refractivity contribution in [3.8, 4) is 22.5 Å². The van der Waals surface area contributed by atoms with Crippen molar-refractivity contribution in [2.24, 2.45) is 0 Å². The molecule has 2 atom stereocenters. The van der Waals surface area contributed by atoms with E-state index in [9.17, 15) is 19.8 Å². The summed E-state index contributed by atoms with van der Waals surface area (Å²) in [6.45, 7) is 9.84. The Bertz CT molecular complexity index is 1510. The van der Waals surface area contributed by atoms with Gasteiger partial charge in [0.25, 0.3) is 5.91 Å². The van der Waals surface area contributed by atoms with Crippen LogP contribution in [0.4, 0.5) is 0 Å². The van der Waals surface area contributed by atoms with Gasteiger partial charge in [0.05, 0.1) is 10.9 Å². The van der Waals surface area contributed by atoms with Gasteiger partial charge in [-0.25, -0.2) is 9.97 Å². The van der Waals surface area contributed by atoms with Crippen molar-refractivity contribution < 1.29 is 19.8 Å². The number of rotatable bonds is 11. The first kappa shape index (κ1) is 32.3. The monoisotopic (exact) mass is 618 g/mol. The van der Waals surface area contributed by atoms with Crippen molar-refractivity contribution in [1.29, 1.82) is 0 Å². The topological polar surface area (TPSA) is 124 Å². The zero-order valence-electron chi connectivity index (χ0n) is 25.0. The van der Waals surface area contributed by atoms with E-state index in [2.05, 4.69) is 72.6 Å². The van der Waals surface area contributed by atoms with Crippen LogP contribution in [0.3, 0.4) is 0 Å². The smallest absolute Gasteiger partial charge is 0.262 e. The normalized spacial score (nSPS) is 13.0. The number of carbonyl (C=O) groups is 2. The van der Waals surface area contributed by atoms with Gasteiger partial charge in [-0.15, -0.1) is 23.1 Å². The molecule has 2 amide bonds. The highest BCUT2D eigenvalue weighted by Crippen LogP contribution is 2.29. The van der Waals surface area contributed by atoms with Gasteiger partial charge in [-0.05, 0) is 53.5 Å². The van der Waals surface area contributed by atoms with Crippen molar-refractivity contribution in [3.63, 3.8) is 0 Å².